The minimum absolute atomic E-state index is 0.167. The largest absolute Gasteiger partial charge is 0.490 e. The summed E-state index contributed by atoms with van der Waals surface area (Å²) >= 11 is 3.61. The van der Waals surface area contributed by atoms with Crippen LogP contribution < -0.4 is 9.47 Å². The molecule has 4 aromatic rings. The zero-order valence-electron chi connectivity index (χ0n) is 16.8. The van der Waals surface area contributed by atoms with Gasteiger partial charge >= 0.3 is 18.2 Å². The van der Waals surface area contributed by atoms with Gasteiger partial charge in [0.15, 0.2) is 0 Å². The van der Waals surface area contributed by atoms with Gasteiger partial charge in [-0.25, -0.2) is 4.79 Å². The minimum Gasteiger partial charge on any atom is -0.475 e. The summed E-state index contributed by atoms with van der Waals surface area (Å²) in [5, 5.41) is 7.88. The molecule has 0 amide bonds. The summed E-state index contributed by atoms with van der Waals surface area (Å²) in [4.78, 5) is 29.2. The Bertz CT molecular complexity index is 1240. The molecular formula is C20H15BrF3N5O4. The SMILES string of the molecule is CCc1[nH]c2nc(Oc3cccnc3)nc(Oc3cccnc3)c2c1Br.O=C(O)C(F)(F)F. The monoisotopic (exact) mass is 525 g/mol. The average Bonchev–Trinajstić information content (AvgIpc) is 3.10. The third-order valence-corrected chi connectivity index (χ3v) is 4.77. The highest BCUT2D eigenvalue weighted by Crippen LogP contribution is 2.37. The van der Waals surface area contributed by atoms with Crippen molar-refractivity contribution < 1.29 is 32.5 Å². The Labute approximate surface area is 192 Å². The number of H-pyrrole nitrogens is 1. The maximum Gasteiger partial charge on any atom is 0.490 e. The first-order valence-corrected chi connectivity index (χ1v) is 10.0. The van der Waals surface area contributed by atoms with Crippen LogP contribution in [0.15, 0.2) is 53.5 Å². The number of aryl methyl sites for hydroxylation is 1. The second-order valence-electron chi connectivity index (χ2n) is 6.19. The van der Waals surface area contributed by atoms with E-state index in [1.165, 1.54) is 0 Å². The smallest absolute Gasteiger partial charge is 0.475 e. The normalized spacial score (nSPS) is 10.9. The summed E-state index contributed by atoms with van der Waals surface area (Å²) in [6.07, 6.45) is 2.29. The topological polar surface area (TPSA) is 123 Å². The van der Waals surface area contributed by atoms with E-state index in [1.54, 1.807) is 43.0 Å². The second-order valence-corrected chi connectivity index (χ2v) is 6.98. The molecule has 0 aliphatic carbocycles. The molecule has 4 heterocycles. The number of aliphatic carboxylic acids is 1. The van der Waals surface area contributed by atoms with Gasteiger partial charge in [-0.15, -0.1) is 0 Å². The van der Waals surface area contributed by atoms with Gasteiger partial charge in [0.25, 0.3) is 0 Å². The van der Waals surface area contributed by atoms with Gasteiger partial charge in [-0.05, 0) is 46.6 Å². The number of pyridine rings is 2. The van der Waals surface area contributed by atoms with E-state index in [-0.39, 0.29) is 6.01 Å². The van der Waals surface area contributed by atoms with E-state index >= 15 is 0 Å². The van der Waals surface area contributed by atoms with Crippen LogP contribution in [0.2, 0.25) is 0 Å². The fourth-order valence-corrected chi connectivity index (χ4v) is 3.19. The summed E-state index contributed by atoms with van der Waals surface area (Å²) < 4.78 is 44.3. The number of aromatic nitrogens is 5. The first kappa shape index (κ1) is 23.9. The van der Waals surface area contributed by atoms with Gasteiger partial charge in [0.1, 0.15) is 17.1 Å². The Morgan fingerprint density at radius 3 is 2.15 bits per heavy atom. The predicted octanol–water partition coefficient (Wildman–Crippen LogP) is 5.29. The van der Waals surface area contributed by atoms with Gasteiger partial charge < -0.3 is 19.6 Å². The Morgan fingerprint density at radius 1 is 1.09 bits per heavy atom. The number of aromatic amines is 1. The number of carbonyl (C=O) groups is 1. The first-order valence-electron chi connectivity index (χ1n) is 9.23. The standard InChI is InChI=1S/C18H14BrN5O2.C2HF3O2/c1-2-13-15(19)14-16(22-13)23-18(26-12-6-4-8-21-10-12)24-17(14)25-11-5-3-7-20-9-11;3-2(4,5)1(6)7/h3-10H,2H2,1H3,(H,22,23,24);(H,6,7). The lowest BCUT2D eigenvalue weighted by atomic mass is 10.3. The summed E-state index contributed by atoms with van der Waals surface area (Å²) in [5.41, 5.74) is 1.63. The lowest BCUT2D eigenvalue weighted by Crippen LogP contribution is -2.21. The Hall–Kier alpha value is -3.74. The molecule has 0 aliphatic rings. The van der Waals surface area contributed by atoms with Crippen molar-refractivity contribution in [3.8, 4) is 23.4 Å². The van der Waals surface area contributed by atoms with Crippen molar-refractivity contribution in [2.45, 2.75) is 19.5 Å². The van der Waals surface area contributed by atoms with Crippen molar-refractivity contribution >= 4 is 32.9 Å². The van der Waals surface area contributed by atoms with Crippen molar-refractivity contribution in [3.63, 3.8) is 0 Å². The number of nitrogens with zero attached hydrogens (tertiary/aromatic N) is 4. The Balaban J connectivity index is 0.000000383. The molecule has 13 heteroatoms. The van der Waals surface area contributed by atoms with E-state index in [2.05, 4.69) is 47.8 Å². The van der Waals surface area contributed by atoms with Crippen LogP contribution in [-0.2, 0) is 11.2 Å². The van der Waals surface area contributed by atoms with Crippen LogP contribution in [0, 0.1) is 0 Å². The molecular weight excluding hydrogens is 511 g/mol. The molecule has 33 heavy (non-hydrogen) atoms. The van der Waals surface area contributed by atoms with E-state index in [1.807, 2.05) is 6.07 Å². The van der Waals surface area contributed by atoms with Gasteiger partial charge in [-0.2, -0.15) is 23.1 Å². The lowest BCUT2D eigenvalue weighted by Gasteiger charge is -2.08. The van der Waals surface area contributed by atoms with Gasteiger partial charge in [0.2, 0.25) is 5.88 Å². The molecule has 4 aromatic heterocycles. The molecule has 0 spiro atoms. The highest BCUT2D eigenvalue weighted by atomic mass is 79.9. The van der Waals surface area contributed by atoms with Gasteiger partial charge in [-0.3, -0.25) is 9.97 Å². The average molecular weight is 526 g/mol. The number of halogens is 4. The van der Waals surface area contributed by atoms with Gasteiger partial charge in [0.05, 0.1) is 22.3 Å². The maximum atomic E-state index is 10.6. The molecule has 172 valence electrons. The molecule has 0 unspecified atom stereocenters. The van der Waals surface area contributed by atoms with Crippen molar-refractivity contribution in [1.29, 1.82) is 0 Å². The molecule has 0 saturated heterocycles. The molecule has 0 radical (unpaired) electrons. The van der Waals surface area contributed by atoms with Crippen LogP contribution in [0.3, 0.4) is 0 Å². The number of ether oxygens (including phenoxy) is 2. The van der Waals surface area contributed by atoms with Crippen LogP contribution in [0.4, 0.5) is 13.2 Å². The fourth-order valence-electron chi connectivity index (χ4n) is 2.45. The number of hydrogen-bond donors (Lipinski definition) is 2. The first-order chi connectivity index (χ1) is 15.7. The van der Waals surface area contributed by atoms with Crippen molar-refractivity contribution in [1.82, 2.24) is 24.9 Å². The number of nitrogens with one attached hydrogen (secondary N) is 1. The Kier molecular flexibility index (Phi) is 7.43. The molecule has 0 aliphatic heterocycles. The number of fused-ring (bicyclic) bond motifs is 1. The van der Waals surface area contributed by atoms with Crippen molar-refractivity contribution in [2.75, 3.05) is 0 Å². The van der Waals surface area contributed by atoms with Crippen LogP contribution in [0.25, 0.3) is 11.0 Å². The number of hydrogen-bond acceptors (Lipinski definition) is 7. The van der Waals surface area contributed by atoms with Gasteiger partial charge in [-0.1, -0.05) is 6.92 Å². The molecule has 0 saturated carbocycles. The maximum absolute atomic E-state index is 10.6. The molecule has 0 atom stereocenters. The molecule has 0 aromatic carbocycles. The zero-order chi connectivity index (χ0) is 24.0. The molecule has 9 nitrogen and oxygen atoms in total. The van der Waals surface area contributed by atoms with Crippen LogP contribution in [0.1, 0.15) is 12.6 Å². The highest BCUT2D eigenvalue weighted by molar-refractivity contribution is 9.10. The van der Waals surface area contributed by atoms with E-state index in [9.17, 15) is 13.2 Å². The van der Waals surface area contributed by atoms with E-state index in [4.69, 9.17) is 19.4 Å². The second kappa shape index (κ2) is 10.3. The fraction of sp³-hybridized carbons (Fsp3) is 0.150. The lowest BCUT2D eigenvalue weighted by molar-refractivity contribution is -0.192. The summed E-state index contributed by atoms with van der Waals surface area (Å²) in [6.45, 7) is 2.05. The van der Waals surface area contributed by atoms with Crippen LogP contribution in [-0.4, -0.2) is 42.2 Å². The molecule has 4 rings (SSSR count). The Morgan fingerprint density at radius 2 is 1.67 bits per heavy atom. The number of carboxylic acids is 1. The van der Waals surface area contributed by atoms with E-state index in [0.29, 0.717) is 23.0 Å². The summed E-state index contributed by atoms with van der Waals surface area (Å²) in [7, 11) is 0. The van der Waals surface area contributed by atoms with E-state index in [0.717, 1.165) is 22.0 Å². The third-order valence-electron chi connectivity index (χ3n) is 3.90. The zero-order valence-corrected chi connectivity index (χ0v) is 18.4. The van der Waals surface area contributed by atoms with Crippen LogP contribution in [0.5, 0.6) is 23.4 Å². The summed E-state index contributed by atoms with van der Waals surface area (Å²) in [5.74, 6) is -1.26. The summed E-state index contributed by atoms with van der Waals surface area (Å²) in [6, 6.07) is 7.33. The van der Waals surface area contributed by atoms with Crippen molar-refractivity contribution in [3.05, 3.63) is 59.2 Å². The number of rotatable bonds is 5. The van der Waals surface area contributed by atoms with Crippen molar-refractivity contribution in [2.24, 2.45) is 0 Å². The number of carboxylic acid groups (broad SMARTS) is 1. The van der Waals surface area contributed by atoms with Crippen LogP contribution >= 0.6 is 15.9 Å². The molecule has 0 fully saturated rings. The quantitative estimate of drug-likeness (QED) is 0.360. The third kappa shape index (κ3) is 6.16. The van der Waals surface area contributed by atoms with Gasteiger partial charge in [0, 0.05) is 18.1 Å². The number of alkyl halides is 3. The van der Waals surface area contributed by atoms with E-state index < -0.39 is 12.1 Å². The minimum atomic E-state index is -5.08. The highest BCUT2D eigenvalue weighted by Gasteiger charge is 2.38. The predicted molar refractivity (Wildman–Crippen MR) is 113 cm³/mol. The molecule has 0 bridgehead atoms. The molecule has 2 N–H and O–H groups in total.